The molecule has 58 heavy (non-hydrogen) atoms. The lowest BCUT2D eigenvalue weighted by Gasteiger charge is -2.25. The molecular formula is C39H38ClF10NO7. The van der Waals surface area contributed by atoms with Crippen LogP contribution in [0.5, 0.6) is 28.7 Å². The van der Waals surface area contributed by atoms with Crippen LogP contribution in [0, 0.1) is 5.82 Å². The van der Waals surface area contributed by atoms with Crippen molar-refractivity contribution >= 4 is 6.16 Å². The zero-order valence-electron chi connectivity index (χ0n) is 31.8. The second-order valence-corrected chi connectivity index (χ2v) is 13.0. The Kier molecular flexibility index (Phi) is 15.2. The van der Waals surface area contributed by atoms with Gasteiger partial charge in [0, 0.05) is 17.2 Å². The maximum atomic E-state index is 14.9. The van der Waals surface area contributed by atoms with Crippen LogP contribution in [0.15, 0.2) is 60.7 Å². The quantitative estimate of drug-likeness (QED) is 0.0871. The van der Waals surface area contributed by atoms with Gasteiger partial charge >= 0.3 is 24.7 Å². The Labute approximate surface area is 332 Å². The molecule has 0 aliphatic carbocycles. The lowest BCUT2D eigenvalue weighted by atomic mass is 9.92. The van der Waals surface area contributed by atoms with Crippen molar-refractivity contribution in [2.24, 2.45) is 0 Å². The molecule has 0 bridgehead atoms. The number of rotatable bonds is 13. The van der Waals surface area contributed by atoms with Crippen molar-refractivity contribution in [3.63, 3.8) is 0 Å². The maximum Gasteiger partial charge on any atom is 0.514 e. The first-order chi connectivity index (χ1) is 26.5. The Morgan fingerprint density at radius 1 is 0.638 bits per heavy atom. The summed E-state index contributed by atoms with van der Waals surface area (Å²) in [5.41, 5.74) is -4.73. The third-order valence-electron chi connectivity index (χ3n) is 8.87. The molecule has 318 valence electrons. The first-order valence-electron chi connectivity index (χ1n) is 16.9. The van der Waals surface area contributed by atoms with Gasteiger partial charge in [-0.2, -0.15) is 39.5 Å². The van der Waals surface area contributed by atoms with Gasteiger partial charge in [-0.05, 0) is 78.1 Å². The highest BCUT2D eigenvalue weighted by atomic mass is 35.5. The monoisotopic (exact) mass is 857 g/mol. The fourth-order valence-corrected chi connectivity index (χ4v) is 6.03. The average Bonchev–Trinajstić information content (AvgIpc) is 3.14. The molecule has 0 aliphatic rings. The highest BCUT2D eigenvalue weighted by molar-refractivity contribution is 5.75. The molecule has 4 aromatic carbocycles. The van der Waals surface area contributed by atoms with E-state index in [4.69, 9.17) is 28.4 Å². The van der Waals surface area contributed by atoms with Crippen LogP contribution in [0.3, 0.4) is 0 Å². The lowest BCUT2D eigenvalue weighted by molar-refractivity contribution is -0.708. The van der Waals surface area contributed by atoms with E-state index in [1.165, 1.54) is 58.9 Å². The van der Waals surface area contributed by atoms with Gasteiger partial charge in [-0.1, -0.05) is 19.9 Å². The maximum absolute atomic E-state index is 14.9. The number of methoxy groups -OCH3 is 4. The van der Waals surface area contributed by atoms with E-state index in [1.54, 1.807) is 13.8 Å². The van der Waals surface area contributed by atoms with E-state index < -0.39 is 71.4 Å². The van der Waals surface area contributed by atoms with Crippen LogP contribution >= 0.6 is 0 Å². The zero-order valence-corrected chi connectivity index (χ0v) is 32.6. The molecule has 0 spiro atoms. The molecule has 8 nitrogen and oxygen atoms in total. The van der Waals surface area contributed by atoms with E-state index in [0.29, 0.717) is 12.1 Å². The second kappa shape index (κ2) is 18.7. The van der Waals surface area contributed by atoms with E-state index in [9.17, 15) is 48.7 Å². The van der Waals surface area contributed by atoms with Crippen molar-refractivity contribution in [3.8, 4) is 39.9 Å². The van der Waals surface area contributed by atoms with Crippen LogP contribution in [0.25, 0.3) is 11.1 Å². The van der Waals surface area contributed by atoms with Gasteiger partial charge in [-0.25, -0.2) is 9.18 Å². The number of halogens is 11. The smallest absolute Gasteiger partial charge is 0.514 e. The first-order valence-corrected chi connectivity index (χ1v) is 16.9. The summed E-state index contributed by atoms with van der Waals surface area (Å²) in [6.45, 7) is 4.25. The van der Waals surface area contributed by atoms with Gasteiger partial charge in [0.15, 0.2) is 17.6 Å². The van der Waals surface area contributed by atoms with E-state index >= 15 is 0 Å². The fourth-order valence-electron chi connectivity index (χ4n) is 6.03. The van der Waals surface area contributed by atoms with Crippen LogP contribution in [0.2, 0.25) is 0 Å². The molecule has 0 saturated carbocycles. The van der Waals surface area contributed by atoms with Crippen LogP contribution in [0.1, 0.15) is 66.2 Å². The average molecular weight is 858 g/mol. The third kappa shape index (κ3) is 10.9. The van der Waals surface area contributed by atoms with Crippen LogP contribution in [0.4, 0.5) is 48.7 Å². The molecule has 4 rings (SSSR count). The predicted molar refractivity (Wildman–Crippen MR) is 185 cm³/mol. The number of hydrogen-bond acceptors (Lipinski definition) is 7. The van der Waals surface area contributed by atoms with Crippen molar-refractivity contribution in [2.45, 2.75) is 63.9 Å². The van der Waals surface area contributed by atoms with Crippen LogP contribution in [-0.2, 0) is 29.8 Å². The fraction of sp³-hybridized carbons (Fsp3) is 0.359. The summed E-state index contributed by atoms with van der Waals surface area (Å²) in [7, 11) is 4.96. The normalized spacial score (nSPS) is 13.0. The van der Waals surface area contributed by atoms with Crippen molar-refractivity contribution in [1.29, 1.82) is 0 Å². The van der Waals surface area contributed by atoms with Gasteiger partial charge in [0.05, 0.1) is 45.1 Å². The Bertz CT molecular complexity index is 2040. The van der Waals surface area contributed by atoms with Gasteiger partial charge in [0.25, 0.3) is 0 Å². The summed E-state index contributed by atoms with van der Waals surface area (Å²) < 4.78 is 172. The molecular weight excluding hydrogens is 820 g/mol. The molecule has 0 unspecified atom stereocenters. The number of ether oxygens (including phenoxy) is 6. The molecule has 4 aromatic rings. The van der Waals surface area contributed by atoms with Gasteiger partial charge in [-0.3, -0.25) is 0 Å². The molecule has 0 fully saturated rings. The van der Waals surface area contributed by atoms with E-state index in [-0.39, 0.29) is 75.4 Å². The number of hydrogen-bond donors (Lipinski definition) is 1. The molecule has 2 atom stereocenters. The van der Waals surface area contributed by atoms with Gasteiger partial charge in [-0.15, -0.1) is 0 Å². The molecule has 0 saturated heterocycles. The molecule has 0 aromatic heterocycles. The van der Waals surface area contributed by atoms with Crippen molar-refractivity contribution in [3.05, 3.63) is 99.9 Å². The molecule has 0 heterocycles. The summed E-state index contributed by atoms with van der Waals surface area (Å²) in [6, 6.07) is 7.04. The molecule has 0 amide bonds. The number of carbonyl (C=O) groups excluding carboxylic acids is 1. The van der Waals surface area contributed by atoms with Crippen molar-refractivity contribution < 1.29 is 94.8 Å². The van der Waals surface area contributed by atoms with Gasteiger partial charge in [0.2, 0.25) is 11.5 Å². The first kappa shape index (κ1) is 47.3. The number of alkyl halides is 9. The summed E-state index contributed by atoms with van der Waals surface area (Å²) >= 11 is 0. The Hall–Kier alpha value is -5.10. The number of carbonyl (C=O) groups is 1. The Morgan fingerprint density at radius 2 is 1.17 bits per heavy atom. The van der Waals surface area contributed by atoms with Crippen LogP contribution in [-0.4, -0.2) is 40.6 Å². The Balaban J connectivity index is 0.00000900. The summed E-state index contributed by atoms with van der Waals surface area (Å²) in [5, 5.41) is 1.25. The molecule has 19 heteroatoms. The number of quaternary nitrogens is 1. The summed E-state index contributed by atoms with van der Waals surface area (Å²) in [4.78, 5) is 13.3. The van der Waals surface area contributed by atoms with Crippen molar-refractivity contribution in [2.75, 3.05) is 28.4 Å². The minimum absolute atomic E-state index is 0. The SMILES string of the molecule is COc1cc(F)c(C(C)C)cc1-c1ccc(C(F)(F)F)cc1C[NH2+][C@@H](C)[C@H](OC(=O)Oc1ccc(OC)c(OC)c1OC)c1cc(C(F)(F)F)cc(C(F)(F)F)c1.[Cl-]. The van der Waals surface area contributed by atoms with E-state index in [0.717, 1.165) is 24.3 Å². The minimum atomic E-state index is -5.28. The standard InChI is InChI=1S/C39H37F10NO7.ClH/c1-19(2)27-16-28(32(53-5)17-29(27)40)26-9-8-23(37(41,42)43)14-22(26)18-50-20(3)33(21-12-24(38(44,45)46)15-25(13-21)39(47,48)49)57-36(51)56-31-11-10-30(52-4)34(54-6)35(31)55-7;/h8-17,19-20,33,50H,18H2,1-7H3;1H/t20-,33-;/m0./s1. The Morgan fingerprint density at radius 3 is 1.67 bits per heavy atom. The largest absolute Gasteiger partial charge is 1.00 e. The third-order valence-corrected chi connectivity index (χ3v) is 8.87. The van der Waals surface area contributed by atoms with Crippen LogP contribution < -0.4 is 41.4 Å². The number of benzene rings is 4. The highest BCUT2D eigenvalue weighted by Crippen LogP contribution is 2.45. The summed E-state index contributed by atoms with van der Waals surface area (Å²) in [6.07, 6.45) is -18.9. The summed E-state index contributed by atoms with van der Waals surface area (Å²) in [5.74, 6) is -1.42. The van der Waals surface area contributed by atoms with Gasteiger partial charge < -0.3 is 46.1 Å². The second-order valence-electron chi connectivity index (χ2n) is 13.0. The van der Waals surface area contributed by atoms with Crippen molar-refractivity contribution in [1.82, 2.24) is 0 Å². The molecule has 0 radical (unpaired) electrons. The predicted octanol–water partition coefficient (Wildman–Crippen LogP) is 7.12. The lowest BCUT2D eigenvalue weighted by Crippen LogP contribution is -3.00. The highest BCUT2D eigenvalue weighted by Gasteiger charge is 2.40. The zero-order chi connectivity index (χ0) is 42.6. The molecule has 2 N–H and O–H groups in total. The number of nitrogens with two attached hydrogens (primary N) is 1. The van der Waals surface area contributed by atoms with E-state index in [2.05, 4.69) is 0 Å². The minimum Gasteiger partial charge on any atom is -1.00 e. The topological polar surface area (TPSA) is 89.1 Å². The van der Waals surface area contributed by atoms with E-state index in [1.807, 2.05) is 0 Å². The molecule has 0 aliphatic heterocycles. The van der Waals surface area contributed by atoms with Gasteiger partial charge in [0.1, 0.15) is 24.2 Å².